The van der Waals surface area contributed by atoms with Gasteiger partial charge in [-0.2, -0.15) is 12.6 Å². The van der Waals surface area contributed by atoms with E-state index in [1.165, 1.54) is 24.2 Å². The van der Waals surface area contributed by atoms with E-state index < -0.39 is 12.0 Å². The molecule has 0 rings (SSSR count). The number of unbranched alkanes of at least 4 members (excludes halogenated alkanes) is 5. The van der Waals surface area contributed by atoms with Gasteiger partial charge >= 0.3 is 5.97 Å². The van der Waals surface area contributed by atoms with Crippen LogP contribution in [-0.4, -0.2) is 46.8 Å². The molecule has 0 aliphatic heterocycles. The Kier molecular flexibility index (Phi) is 10.7. The van der Waals surface area contributed by atoms with E-state index in [2.05, 4.69) is 19.6 Å². The molecule has 0 saturated carbocycles. The Morgan fingerprint density at radius 3 is 2.32 bits per heavy atom. The highest BCUT2D eigenvalue weighted by molar-refractivity contribution is 7.80. The molecule has 112 valence electrons. The standard InChI is InChI=1S/C13H26N2O3S/c1-2-3-4-5-6-7-8-15(9-12(16)17)13(18)11(14)10-19/h11,19H,2-10,14H2,1H3,(H,16,17)/t11-/m0/s1. The van der Waals surface area contributed by atoms with Crippen LogP contribution >= 0.6 is 12.6 Å². The van der Waals surface area contributed by atoms with Gasteiger partial charge in [-0.25, -0.2) is 0 Å². The molecule has 3 N–H and O–H groups in total. The van der Waals surface area contributed by atoms with Crippen LogP contribution in [0.2, 0.25) is 0 Å². The first-order valence-corrected chi connectivity index (χ1v) is 7.53. The quantitative estimate of drug-likeness (QED) is 0.398. The van der Waals surface area contributed by atoms with E-state index in [4.69, 9.17) is 10.8 Å². The molecule has 5 nitrogen and oxygen atoms in total. The highest BCUT2D eigenvalue weighted by Crippen LogP contribution is 2.07. The first-order valence-electron chi connectivity index (χ1n) is 6.90. The lowest BCUT2D eigenvalue weighted by atomic mass is 10.1. The zero-order valence-corrected chi connectivity index (χ0v) is 12.6. The summed E-state index contributed by atoms with van der Waals surface area (Å²) >= 11 is 3.97. The molecule has 0 bridgehead atoms. The van der Waals surface area contributed by atoms with Gasteiger partial charge in [-0.15, -0.1) is 0 Å². The smallest absolute Gasteiger partial charge is 0.323 e. The molecular weight excluding hydrogens is 264 g/mol. The van der Waals surface area contributed by atoms with Crippen LogP contribution in [0.4, 0.5) is 0 Å². The fourth-order valence-electron chi connectivity index (χ4n) is 1.83. The average molecular weight is 290 g/mol. The first kappa shape index (κ1) is 18.2. The second-order valence-electron chi connectivity index (χ2n) is 4.71. The van der Waals surface area contributed by atoms with Gasteiger partial charge in [0.1, 0.15) is 6.54 Å². The molecular formula is C13H26N2O3S. The van der Waals surface area contributed by atoms with Gasteiger partial charge in [0.2, 0.25) is 5.91 Å². The maximum Gasteiger partial charge on any atom is 0.323 e. The van der Waals surface area contributed by atoms with Crippen LogP contribution in [0.3, 0.4) is 0 Å². The monoisotopic (exact) mass is 290 g/mol. The van der Waals surface area contributed by atoms with Crippen LogP contribution in [0.15, 0.2) is 0 Å². The van der Waals surface area contributed by atoms with Crippen LogP contribution in [0.25, 0.3) is 0 Å². The van der Waals surface area contributed by atoms with Gasteiger partial charge in [0.05, 0.1) is 6.04 Å². The van der Waals surface area contributed by atoms with Gasteiger partial charge in [-0.3, -0.25) is 9.59 Å². The van der Waals surface area contributed by atoms with Crippen molar-refractivity contribution in [1.29, 1.82) is 0 Å². The SMILES string of the molecule is CCCCCCCCN(CC(=O)O)C(=O)[C@@H](N)CS. The molecule has 6 heteroatoms. The molecule has 0 aromatic rings. The number of aliphatic carboxylic acids is 1. The van der Waals surface area contributed by atoms with Gasteiger partial charge in [0, 0.05) is 12.3 Å². The van der Waals surface area contributed by atoms with Crippen molar-refractivity contribution in [3.63, 3.8) is 0 Å². The fourth-order valence-corrected chi connectivity index (χ4v) is 1.98. The van der Waals surface area contributed by atoms with Crippen molar-refractivity contribution in [2.45, 2.75) is 51.5 Å². The predicted molar refractivity (Wildman–Crippen MR) is 79.4 cm³/mol. The minimum absolute atomic E-state index is 0.228. The molecule has 19 heavy (non-hydrogen) atoms. The summed E-state index contributed by atoms with van der Waals surface area (Å²) in [6, 6.07) is -0.720. The Balaban J connectivity index is 4.06. The van der Waals surface area contributed by atoms with Gasteiger partial charge in [0.15, 0.2) is 0 Å². The van der Waals surface area contributed by atoms with Crippen LogP contribution in [0.1, 0.15) is 45.4 Å². The number of nitrogens with two attached hydrogens (primary N) is 1. The molecule has 0 spiro atoms. The maximum absolute atomic E-state index is 11.9. The van der Waals surface area contributed by atoms with Gasteiger partial charge in [-0.05, 0) is 6.42 Å². The van der Waals surface area contributed by atoms with E-state index in [0.717, 1.165) is 19.3 Å². The molecule has 1 atom stereocenters. The van der Waals surface area contributed by atoms with Crippen LogP contribution < -0.4 is 5.73 Å². The Morgan fingerprint density at radius 1 is 1.21 bits per heavy atom. The van der Waals surface area contributed by atoms with E-state index in [9.17, 15) is 9.59 Å². The number of hydrogen-bond donors (Lipinski definition) is 3. The highest BCUT2D eigenvalue weighted by atomic mass is 32.1. The topological polar surface area (TPSA) is 83.6 Å². The lowest BCUT2D eigenvalue weighted by molar-refractivity contribution is -0.144. The number of carboxylic acid groups (broad SMARTS) is 1. The van der Waals surface area contributed by atoms with Crippen molar-refractivity contribution in [1.82, 2.24) is 4.90 Å². The Labute approximate surface area is 120 Å². The van der Waals surface area contributed by atoms with Crippen molar-refractivity contribution < 1.29 is 14.7 Å². The van der Waals surface area contributed by atoms with E-state index >= 15 is 0 Å². The Morgan fingerprint density at radius 2 is 1.79 bits per heavy atom. The molecule has 0 heterocycles. The molecule has 0 aliphatic rings. The number of carboxylic acids is 1. The van der Waals surface area contributed by atoms with Gasteiger partial charge < -0.3 is 15.7 Å². The minimum atomic E-state index is -1.01. The summed E-state index contributed by atoms with van der Waals surface area (Å²) in [5.41, 5.74) is 5.60. The number of hydrogen-bond acceptors (Lipinski definition) is 4. The number of amides is 1. The number of carbonyl (C=O) groups is 2. The van der Waals surface area contributed by atoms with E-state index in [1.54, 1.807) is 0 Å². The predicted octanol–water partition coefficient (Wildman–Crippen LogP) is 1.52. The largest absolute Gasteiger partial charge is 0.480 e. The molecule has 0 aromatic carbocycles. The Hall–Kier alpha value is -0.750. The van der Waals surface area contributed by atoms with Crippen molar-refractivity contribution in [3.8, 4) is 0 Å². The summed E-state index contributed by atoms with van der Waals surface area (Å²) in [7, 11) is 0. The lowest BCUT2D eigenvalue weighted by Gasteiger charge is -2.23. The molecule has 0 radical (unpaired) electrons. The van der Waals surface area contributed by atoms with Crippen molar-refractivity contribution in [2.75, 3.05) is 18.8 Å². The zero-order chi connectivity index (χ0) is 14.7. The number of nitrogens with zero attached hydrogens (tertiary/aromatic N) is 1. The van der Waals surface area contributed by atoms with Crippen LogP contribution in [0, 0.1) is 0 Å². The van der Waals surface area contributed by atoms with Crippen LogP contribution in [-0.2, 0) is 9.59 Å². The fraction of sp³-hybridized carbons (Fsp3) is 0.846. The van der Waals surface area contributed by atoms with Crippen molar-refractivity contribution in [2.24, 2.45) is 5.73 Å². The number of carbonyl (C=O) groups excluding carboxylic acids is 1. The summed E-state index contributed by atoms with van der Waals surface area (Å²) in [6.07, 6.45) is 6.57. The molecule has 0 fully saturated rings. The van der Waals surface area contributed by atoms with Crippen molar-refractivity contribution in [3.05, 3.63) is 0 Å². The summed E-state index contributed by atoms with van der Waals surface area (Å²) in [5.74, 6) is -1.11. The summed E-state index contributed by atoms with van der Waals surface area (Å²) < 4.78 is 0. The lowest BCUT2D eigenvalue weighted by Crippen LogP contribution is -2.47. The third-order valence-electron chi connectivity index (χ3n) is 2.93. The maximum atomic E-state index is 11.9. The third kappa shape index (κ3) is 8.88. The van der Waals surface area contributed by atoms with Gasteiger partial charge in [0.25, 0.3) is 0 Å². The van der Waals surface area contributed by atoms with E-state index in [0.29, 0.717) is 6.54 Å². The second-order valence-corrected chi connectivity index (χ2v) is 5.08. The van der Waals surface area contributed by atoms with E-state index in [-0.39, 0.29) is 18.2 Å². The van der Waals surface area contributed by atoms with E-state index in [1.807, 2.05) is 0 Å². The van der Waals surface area contributed by atoms with Gasteiger partial charge in [-0.1, -0.05) is 39.0 Å². The zero-order valence-electron chi connectivity index (χ0n) is 11.7. The highest BCUT2D eigenvalue weighted by Gasteiger charge is 2.21. The number of rotatable bonds is 11. The summed E-state index contributed by atoms with van der Waals surface area (Å²) in [5, 5.41) is 8.81. The summed E-state index contributed by atoms with van der Waals surface area (Å²) in [6.45, 7) is 2.33. The molecule has 0 aliphatic carbocycles. The minimum Gasteiger partial charge on any atom is -0.480 e. The molecule has 0 aromatic heterocycles. The number of thiol groups is 1. The average Bonchev–Trinajstić information content (AvgIpc) is 2.39. The summed E-state index contributed by atoms with van der Waals surface area (Å²) in [4.78, 5) is 23.9. The second kappa shape index (κ2) is 11.1. The van der Waals surface area contributed by atoms with Crippen LogP contribution in [0.5, 0.6) is 0 Å². The normalized spacial score (nSPS) is 12.2. The molecule has 0 saturated heterocycles. The third-order valence-corrected chi connectivity index (χ3v) is 3.33. The first-order chi connectivity index (χ1) is 9.02. The molecule has 1 amide bonds. The Bertz CT molecular complexity index is 275. The van der Waals surface area contributed by atoms with Crippen molar-refractivity contribution >= 4 is 24.5 Å². The molecule has 0 unspecified atom stereocenters.